The molecule has 1 atom stereocenters. The van der Waals surface area contributed by atoms with Crippen LogP contribution in [0.2, 0.25) is 0 Å². The van der Waals surface area contributed by atoms with Crippen LogP contribution in [0.1, 0.15) is 44.1 Å². The number of aromatic nitrogens is 3. The Hall–Kier alpha value is -3.29. The number of aryl methyl sites for hydroxylation is 1. The van der Waals surface area contributed by atoms with Gasteiger partial charge in [-0.2, -0.15) is 0 Å². The van der Waals surface area contributed by atoms with Gasteiger partial charge in [0.05, 0.1) is 13.2 Å². The minimum absolute atomic E-state index is 0.208. The van der Waals surface area contributed by atoms with E-state index in [2.05, 4.69) is 46.8 Å². The molecule has 32 heavy (non-hydrogen) atoms. The minimum atomic E-state index is 0.208. The first-order valence-corrected chi connectivity index (χ1v) is 11.4. The van der Waals surface area contributed by atoms with E-state index in [-0.39, 0.29) is 6.10 Å². The van der Waals surface area contributed by atoms with E-state index in [9.17, 15) is 0 Å². The summed E-state index contributed by atoms with van der Waals surface area (Å²) < 4.78 is 13.8. The number of nitrogens with zero attached hydrogens (tertiary/aromatic N) is 4. The fourth-order valence-electron chi connectivity index (χ4n) is 3.92. The molecule has 1 aliphatic heterocycles. The smallest absolute Gasteiger partial charge is 0.191 e. The van der Waals surface area contributed by atoms with Gasteiger partial charge in [0.2, 0.25) is 0 Å². The highest BCUT2D eigenvalue weighted by Gasteiger charge is 2.21. The van der Waals surface area contributed by atoms with Crippen LogP contribution in [-0.4, -0.2) is 46.4 Å². The topological polar surface area (TPSA) is 85.1 Å². The summed E-state index contributed by atoms with van der Waals surface area (Å²) in [5, 5.41) is 15.3. The van der Waals surface area contributed by atoms with E-state index in [0.29, 0.717) is 13.2 Å². The Labute approximate surface area is 189 Å². The number of hydrogen-bond acceptors (Lipinski definition) is 5. The zero-order valence-electron chi connectivity index (χ0n) is 19.1. The van der Waals surface area contributed by atoms with E-state index in [0.717, 1.165) is 66.8 Å². The fourth-order valence-corrected chi connectivity index (χ4v) is 3.92. The molecule has 3 heterocycles. The molecule has 1 aromatic carbocycles. The third-order valence-electron chi connectivity index (χ3n) is 5.38. The van der Waals surface area contributed by atoms with E-state index in [1.165, 1.54) is 5.56 Å². The summed E-state index contributed by atoms with van der Waals surface area (Å²) in [6, 6.07) is 10.1. The second kappa shape index (κ2) is 10.3. The lowest BCUT2D eigenvalue weighted by Crippen LogP contribution is -2.37. The molecule has 0 aliphatic carbocycles. The van der Waals surface area contributed by atoms with Gasteiger partial charge < -0.3 is 20.1 Å². The molecule has 0 fully saturated rings. The van der Waals surface area contributed by atoms with E-state index in [1.54, 1.807) is 0 Å². The summed E-state index contributed by atoms with van der Waals surface area (Å²) >= 11 is 0. The van der Waals surface area contributed by atoms with Gasteiger partial charge in [-0.3, -0.25) is 4.40 Å². The lowest BCUT2D eigenvalue weighted by molar-refractivity contribution is 0.254. The van der Waals surface area contributed by atoms with Crippen LogP contribution in [0, 0.1) is 0 Å². The lowest BCUT2D eigenvalue weighted by Gasteiger charge is -2.14. The third kappa shape index (κ3) is 5.12. The first kappa shape index (κ1) is 21.9. The number of fused-ring (bicyclic) bond motifs is 2. The SMILES string of the molecule is CCNC(=NCc1cc2c(cc1OCC)CC(C)O2)NCCCc1nnc2ccccn12. The van der Waals surface area contributed by atoms with E-state index >= 15 is 0 Å². The van der Waals surface area contributed by atoms with Crippen molar-refractivity contribution >= 4 is 11.6 Å². The van der Waals surface area contributed by atoms with Crippen LogP contribution in [0.4, 0.5) is 0 Å². The molecule has 3 aromatic rings. The summed E-state index contributed by atoms with van der Waals surface area (Å²) in [5.74, 6) is 3.60. The monoisotopic (exact) mass is 436 g/mol. The van der Waals surface area contributed by atoms with Gasteiger partial charge in [0.25, 0.3) is 0 Å². The quantitative estimate of drug-likeness (QED) is 0.305. The zero-order valence-corrected chi connectivity index (χ0v) is 19.1. The lowest BCUT2D eigenvalue weighted by atomic mass is 10.1. The molecule has 1 aliphatic rings. The van der Waals surface area contributed by atoms with Crippen LogP contribution in [0.25, 0.3) is 5.65 Å². The van der Waals surface area contributed by atoms with Crippen molar-refractivity contribution in [2.75, 3.05) is 19.7 Å². The van der Waals surface area contributed by atoms with Crippen molar-refractivity contribution < 1.29 is 9.47 Å². The molecule has 1 unspecified atom stereocenters. The van der Waals surface area contributed by atoms with Crippen molar-refractivity contribution in [2.24, 2.45) is 4.99 Å². The van der Waals surface area contributed by atoms with Crippen LogP contribution in [0.3, 0.4) is 0 Å². The van der Waals surface area contributed by atoms with Crippen molar-refractivity contribution in [3.8, 4) is 11.5 Å². The normalized spacial score (nSPS) is 15.5. The molecule has 0 spiro atoms. The largest absolute Gasteiger partial charge is 0.494 e. The van der Waals surface area contributed by atoms with Crippen LogP contribution in [-0.2, 0) is 19.4 Å². The summed E-state index contributed by atoms with van der Waals surface area (Å²) in [4.78, 5) is 4.78. The molecular formula is C24H32N6O2. The van der Waals surface area contributed by atoms with Crippen molar-refractivity contribution in [1.29, 1.82) is 0 Å². The average Bonchev–Trinajstić information content (AvgIpc) is 3.37. The van der Waals surface area contributed by atoms with Gasteiger partial charge in [0.15, 0.2) is 11.6 Å². The van der Waals surface area contributed by atoms with Crippen molar-refractivity contribution in [1.82, 2.24) is 25.2 Å². The molecule has 0 saturated carbocycles. The van der Waals surface area contributed by atoms with Gasteiger partial charge in [0.1, 0.15) is 23.4 Å². The van der Waals surface area contributed by atoms with Gasteiger partial charge in [-0.05, 0) is 51.5 Å². The second-order valence-corrected chi connectivity index (χ2v) is 7.90. The Morgan fingerprint density at radius 3 is 3.00 bits per heavy atom. The van der Waals surface area contributed by atoms with Crippen LogP contribution in [0.5, 0.6) is 11.5 Å². The number of nitrogens with one attached hydrogen (secondary N) is 2. The maximum absolute atomic E-state index is 5.93. The Morgan fingerprint density at radius 1 is 1.25 bits per heavy atom. The number of rotatable bonds is 9. The minimum Gasteiger partial charge on any atom is -0.494 e. The van der Waals surface area contributed by atoms with Crippen molar-refractivity contribution in [3.05, 3.63) is 53.5 Å². The molecule has 8 heteroatoms. The Morgan fingerprint density at radius 2 is 2.16 bits per heavy atom. The molecule has 0 bridgehead atoms. The molecule has 8 nitrogen and oxygen atoms in total. The highest BCUT2D eigenvalue weighted by atomic mass is 16.5. The highest BCUT2D eigenvalue weighted by Crippen LogP contribution is 2.35. The maximum atomic E-state index is 5.93. The predicted molar refractivity (Wildman–Crippen MR) is 126 cm³/mol. The van der Waals surface area contributed by atoms with Crippen molar-refractivity contribution in [2.45, 2.75) is 52.7 Å². The Kier molecular flexibility index (Phi) is 7.09. The number of guanidine groups is 1. The molecule has 4 rings (SSSR count). The Balaban J connectivity index is 1.37. The predicted octanol–water partition coefficient (Wildman–Crippen LogP) is 3.14. The standard InChI is InChI=1S/C24H32N6O2/c1-4-25-24(26-11-8-10-23-29-28-22-9-6-7-12-30(22)23)27-16-19-15-21-18(13-17(3)32-21)14-20(19)31-5-2/h6-7,9,12,14-15,17H,4-5,8,10-11,13,16H2,1-3H3,(H2,25,26,27). The summed E-state index contributed by atoms with van der Waals surface area (Å²) in [5.41, 5.74) is 3.12. The Bertz CT molecular complexity index is 1080. The first-order valence-electron chi connectivity index (χ1n) is 11.4. The molecule has 0 amide bonds. The van der Waals surface area contributed by atoms with Gasteiger partial charge >= 0.3 is 0 Å². The third-order valence-corrected chi connectivity index (χ3v) is 5.38. The zero-order chi connectivity index (χ0) is 22.3. The summed E-state index contributed by atoms with van der Waals surface area (Å²) in [7, 11) is 0. The van der Waals surface area contributed by atoms with Crippen molar-refractivity contribution in [3.63, 3.8) is 0 Å². The van der Waals surface area contributed by atoms with Gasteiger partial charge in [-0.25, -0.2) is 4.99 Å². The van der Waals surface area contributed by atoms with E-state index < -0.39 is 0 Å². The molecule has 0 radical (unpaired) electrons. The van der Waals surface area contributed by atoms with Gasteiger partial charge in [0, 0.05) is 43.3 Å². The number of pyridine rings is 1. The number of ether oxygens (including phenoxy) is 2. The summed E-state index contributed by atoms with van der Waals surface area (Å²) in [6.45, 7) is 8.89. The van der Waals surface area contributed by atoms with E-state index in [4.69, 9.17) is 14.5 Å². The first-order chi connectivity index (χ1) is 15.7. The van der Waals surface area contributed by atoms with Gasteiger partial charge in [-0.1, -0.05) is 6.07 Å². The summed E-state index contributed by atoms with van der Waals surface area (Å²) in [6.07, 6.45) is 4.89. The average molecular weight is 437 g/mol. The van der Waals surface area contributed by atoms with E-state index in [1.807, 2.05) is 35.7 Å². The fraction of sp³-hybridized carbons (Fsp3) is 0.458. The molecule has 2 aromatic heterocycles. The van der Waals surface area contributed by atoms with Gasteiger partial charge in [-0.15, -0.1) is 10.2 Å². The number of benzene rings is 1. The molecule has 2 N–H and O–H groups in total. The highest BCUT2D eigenvalue weighted by molar-refractivity contribution is 5.79. The second-order valence-electron chi connectivity index (χ2n) is 7.90. The number of aliphatic imine (C=N–C) groups is 1. The molecule has 0 saturated heterocycles. The van der Waals surface area contributed by atoms with Crippen LogP contribution < -0.4 is 20.1 Å². The maximum Gasteiger partial charge on any atom is 0.191 e. The van der Waals surface area contributed by atoms with Crippen LogP contribution in [0.15, 0.2) is 41.5 Å². The molecular weight excluding hydrogens is 404 g/mol. The molecule has 170 valence electrons. The number of hydrogen-bond donors (Lipinski definition) is 2. The van der Waals surface area contributed by atoms with Crippen LogP contribution >= 0.6 is 0 Å².